The molecule has 2 aromatic rings. The summed E-state index contributed by atoms with van der Waals surface area (Å²) in [6, 6.07) is 19.8. The van der Waals surface area contributed by atoms with Crippen LogP contribution < -0.4 is 0 Å². The SMILES string of the molecule is CC(C)C(OC(=O)[C@@H](OCc1ccccc1)[C@@H](O)CCCCCOCc1ccccc1)C(C)C. The molecule has 0 aliphatic carbocycles. The van der Waals surface area contributed by atoms with Crippen LogP contribution in [0.15, 0.2) is 60.7 Å². The fourth-order valence-corrected chi connectivity index (χ4v) is 3.99. The topological polar surface area (TPSA) is 65.0 Å². The highest BCUT2D eigenvalue weighted by molar-refractivity contribution is 5.75. The number of carbonyl (C=O) groups excluding carboxylic acids is 1. The lowest BCUT2D eigenvalue weighted by molar-refractivity contribution is -0.177. The molecule has 5 heteroatoms. The van der Waals surface area contributed by atoms with Gasteiger partial charge in [-0.15, -0.1) is 0 Å². The van der Waals surface area contributed by atoms with E-state index in [0.717, 1.165) is 30.4 Å². The van der Waals surface area contributed by atoms with Gasteiger partial charge in [-0.3, -0.25) is 0 Å². The van der Waals surface area contributed by atoms with Crippen molar-refractivity contribution >= 4 is 5.97 Å². The van der Waals surface area contributed by atoms with E-state index in [1.54, 1.807) is 0 Å². The highest BCUT2D eigenvalue weighted by Crippen LogP contribution is 2.20. The molecule has 0 bridgehead atoms. The average Bonchev–Trinajstić information content (AvgIpc) is 2.83. The van der Waals surface area contributed by atoms with E-state index in [-0.39, 0.29) is 24.5 Å². The maximum absolute atomic E-state index is 13.0. The molecule has 2 rings (SSSR count). The Kier molecular flexibility index (Phi) is 12.9. The normalized spacial score (nSPS) is 13.4. The molecule has 5 nitrogen and oxygen atoms in total. The molecule has 0 aliphatic heterocycles. The Morgan fingerprint density at radius 2 is 1.35 bits per heavy atom. The number of aliphatic hydroxyl groups is 1. The number of benzene rings is 2. The maximum Gasteiger partial charge on any atom is 0.338 e. The van der Waals surface area contributed by atoms with Gasteiger partial charge in [0.15, 0.2) is 6.10 Å². The summed E-state index contributed by atoms with van der Waals surface area (Å²) >= 11 is 0. The molecular formula is C29H42O5. The second-order valence-electron chi connectivity index (χ2n) is 9.56. The molecule has 0 amide bonds. The van der Waals surface area contributed by atoms with E-state index in [1.807, 2.05) is 88.4 Å². The summed E-state index contributed by atoms with van der Waals surface area (Å²) in [5.41, 5.74) is 2.11. The van der Waals surface area contributed by atoms with Crippen molar-refractivity contribution in [3.05, 3.63) is 71.8 Å². The van der Waals surface area contributed by atoms with E-state index in [9.17, 15) is 9.90 Å². The zero-order valence-corrected chi connectivity index (χ0v) is 21.2. The van der Waals surface area contributed by atoms with Gasteiger partial charge in [-0.2, -0.15) is 0 Å². The second kappa shape index (κ2) is 15.6. The van der Waals surface area contributed by atoms with Crippen LogP contribution in [-0.4, -0.2) is 36.0 Å². The van der Waals surface area contributed by atoms with Crippen LogP contribution in [0.4, 0.5) is 0 Å². The molecule has 0 heterocycles. The molecule has 0 saturated heterocycles. The summed E-state index contributed by atoms with van der Waals surface area (Å²) in [5.74, 6) is -0.111. The summed E-state index contributed by atoms with van der Waals surface area (Å²) < 4.78 is 17.4. The zero-order chi connectivity index (χ0) is 24.8. The largest absolute Gasteiger partial charge is 0.460 e. The van der Waals surface area contributed by atoms with Gasteiger partial charge < -0.3 is 19.3 Å². The van der Waals surface area contributed by atoms with Crippen LogP contribution in [-0.2, 0) is 32.2 Å². The third-order valence-corrected chi connectivity index (χ3v) is 5.82. The van der Waals surface area contributed by atoms with Crippen molar-refractivity contribution in [1.29, 1.82) is 0 Å². The van der Waals surface area contributed by atoms with Crippen molar-refractivity contribution in [3.8, 4) is 0 Å². The molecule has 0 saturated carbocycles. The van der Waals surface area contributed by atoms with Crippen molar-refractivity contribution in [2.45, 2.75) is 84.9 Å². The van der Waals surface area contributed by atoms with Crippen molar-refractivity contribution in [2.75, 3.05) is 6.61 Å². The van der Waals surface area contributed by atoms with Crippen LogP contribution in [0.5, 0.6) is 0 Å². The molecule has 1 N–H and O–H groups in total. The lowest BCUT2D eigenvalue weighted by Gasteiger charge is -2.29. The van der Waals surface area contributed by atoms with Gasteiger partial charge in [0.25, 0.3) is 0 Å². The number of hydrogen-bond donors (Lipinski definition) is 1. The third kappa shape index (κ3) is 10.4. The van der Waals surface area contributed by atoms with Crippen molar-refractivity contribution in [2.24, 2.45) is 11.8 Å². The molecule has 0 unspecified atom stereocenters. The Bertz CT molecular complexity index is 783. The van der Waals surface area contributed by atoms with Gasteiger partial charge in [0, 0.05) is 6.61 Å². The summed E-state index contributed by atoms with van der Waals surface area (Å²) in [4.78, 5) is 13.0. The zero-order valence-electron chi connectivity index (χ0n) is 21.2. The molecular weight excluding hydrogens is 428 g/mol. The van der Waals surface area contributed by atoms with Crippen LogP contribution in [0.1, 0.15) is 64.5 Å². The number of unbranched alkanes of at least 4 members (excludes halogenated alkanes) is 2. The Hall–Kier alpha value is -2.21. The fourth-order valence-electron chi connectivity index (χ4n) is 3.99. The molecule has 0 aliphatic rings. The smallest absolute Gasteiger partial charge is 0.338 e. The molecule has 2 aromatic carbocycles. The first-order chi connectivity index (χ1) is 16.4. The summed E-state index contributed by atoms with van der Waals surface area (Å²) in [7, 11) is 0. The number of hydrogen-bond acceptors (Lipinski definition) is 5. The van der Waals surface area contributed by atoms with Gasteiger partial charge in [0.2, 0.25) is 0 Å². The van der Waals surface area contributed by atoms with Gasteiger partial charge in [-0.05, 0) is 35.8 Å². The first kappa shape index (κ1) is 28.0. The molecule has 2 atom stereocenters. The second-order valence-corrected chi connectivity index (χ2v) is 9.56. The Balaban J connectivity index is 1.82. The standard InChI is InChI=1S/C29H42O5/c1-22(2)27(23(3)4)34-29(31)28(33-21-25-16-10-6-11-17-25)26(30)18-12-7-13-19-32-20-24-14-8-5-9-15-24/h5-6,8-11,14-17,22-23,26-28,30H,7,12-13,18-21H2,1-4H3/t26-,28-/m0/s1. The number of ether oxygens (including phenoxy) is 3. The number of carbonyl (C=O) groups is 1. The lowest BCUT2D eigenvalue weighted by Crippen LogP contribution is -2.41. The predicted molar refractivity (Wildman–Crippen MR) is 135 cm³/mol. The van der Waals surface area contributed by atoms with E-state index < -0.39 is 18.2 Å². The average molecular weight is 471 g/mol. The number of esters is 1. The number of rotatable bonds is 16. The minimum Gasteiger partial charge on any atom is -0.460 e. The Morgan fingerprint density at radius 1 is 0.794 bits per heavy atom. The van der Waals surface area contributed by atoms with Crippen LogP contribution in [0.25, 0.3) is 0 Å². The van der Waals surface area contributed by atoms with Crippen LogP contribution in [0.2, 0.25) is 0 Å². The Morgan fingerprint density at radius 3 is 1.91 bits per heavy atom. The van der Waals surface area contributed by atoms with E-state index >= 15 is 0 Å². The van der Waals surface area contributed by atoms with Crippen LogP contribution >= 0.6 is 0 Å². The van der Waals surface area contributed by atoms with Crippen molar-refractivity contribution in [1.82, 2.24) is 0 Å². The fraction of sp³-hybridized carbons (Fsp3) is 0.552. The monoisotopic (exact) mass is 470 g/mol. The molecule has 0 radical (unpaired) electrons. The maximum atomic E-state index is 13.0. The molecule has 0 spiro atoms. The highest BCUT2D eigenvalue weighted by Gasteiger charge is 2.32. The van der Waals surface area contributed by atoms with Gasteiger partial charge in [0.05, 0.1) is 19.3 Å². The van der Waals surface area contributed by atoms with Gasteiger partial charge >= 0.3 is 5.97 Å². The summed E-state index contributed by atoms with van der Waals surface area (Å²) in [6.45, 7) is 9.67. The predicted octanol–water partition coefficient (Wildman–Crippen LogP) is 5.93. The van der Waals surface area contributed by atoms with Gasteiger partial charge in [-0.25, -0.2) is 4.79 Å². The number of aliphatic hydroxyl groups excluding tert-OH is 1. The first-order valence-electron chi connectivity index (χ1n) is 12.5. The van der Waals surface area contributed by atoms with Crippen LogP contribution in [0, 0.1) is 11.8 Å². The van der Waals surface area contributed by atoms with Crippen LogP contribution in [0.3, 0.4) is 0 Å². The first-order valence-corrected chi connectivity index (χ1v) is 12.5. The lowest BCUT2D eigenvalue weighted by atomic mass is 9.96. The van der Waals surface area contributed by atoms with E-state index in [0.29, 0.717) is 19.6 Å². The minimum absolute atomic E-state index is 0.187. The summed E-state index contributed by atoms with van der Waals surface area (Å²) in [6.07, 6.45) is 0.933. The highest BCUT2D eigenvalue weighted by atomic mass is 16.6. The molecule has 0 aromatic heterocycles. The van der Waals surface area contributed by atoms with Gasteiger partial charge in [-0.1, -0.05) is 101 Å². The quantitative estimate of drug-likeness (QED) is 0.243. The molecule has 188 valence electrons. The Labute approximate surface area is 205 Å². The van der Waals surface area contributed by atoms with Gasteiger partial charge in [0.1, 0.15) is 6.10 Å². The summed E-state index contributed by atoms with van der Waals surface area (Å²) in [5, 5.41) is 10.8. The van der Waals surface area contributed by atoms with Crippen molar-refractivity contribution < 1.29 is 24.1 Å². The van der Waals surface area contributed by atoms with Crippen molar-refractivity contribution in [3.63, 3.8) is 0 Å². The van der Waals surface area contributed by atoms with E-state index in [1.165, 1.54) is 0 Å². The van der Waals surface area contributed by atoms with E-state index in [4.69, 9.17) is 14.2 Å². The molecule has 34 heavy (non-hydrogen) atoms. The third-order valence-electron chi connectivity index (χ3n) is 5.82. The molecule has 0 fully saturated rings. The van der Waals surface area contributed by atoms with E-state index in [2.05, 4.69) is 0 Å². The minimum atomic E-state index is -1.01.